The van der Waals surface area contributed by atoms with Crippen molar-refractivity contribution < 1.29 is 9.79 Å². The lowest BCUT2D eigenvalue weighted by Crippen LogP contribution is -2.46. The van der Waals surface area contributed by atoms with Crippen LogP contribution in [-0.2, 0) is 10.0 Å². The lowest BCUT2D eigenvalue weighted by Gasteiger charge is -2.38. The molecule has 0 amide bonds. The average Bonchev–Trinajstić information content (AvgIpc) is 3.32. The fourth-order valence-corrected chi connectivity index (χ4v) is 6.64. The van der Waals surface area contributed by atoms with Crippen molar-refractivity contribution in [2.45, 2.75) is 24.5 Å². The Morgan fingerprint density at radius 3 is 2.83 bits per heavy atom. The van der Waals surface area contributed by atoms with Gasteiger partial charge in [-0.3, -0.25) is 0 Å². The Bertz CT molecular complexity index is 972. The van der Waals surface area contributed by atoms with Gasteiger partial charge in [-0.2, -0.15) is 0 Å². The summed E-state index contributed by atoms with van der Waals surface area (Å²) in [6, 6.07) is 9.42. The molecule has 2 unspecified atom stereocenters. The summed E-state index contributed by atoms with van der Waals surface area (Å²) in [7, 11) is -3.64. The molecule has 0 spiro atoms. The summed E-state index contributed by atoms with van der Waals surface area (Å²) in [6.45, 7) is 1.84. The third-order valence-electron chi connectivity index (χ3n) is 5.25. The predicted octanol–water partition coefficient (Wildman–Crippen LogP) is 4.42. The van der Waals surface area contributed by atoms with Gasteiger partial charge in [0, 0.05) is 18.9 Å². The van der Waals surface area contributed by atoms with Crippen LogP contribution in [0.1, 0.15) is 21.1 Å². The fourth-order valence-electron chi connectivity index (χ4n) is 3.82. The molecule has 2 aromatic rings. The molecule has 4 rings (SSSR count). The Morgan fingerprint density at radius 2 is 2.08 bits per heavy atom. The van der Waals surface area contributed by atoms with Gasteiger partial charge in [0.05, 0.1) is 5.52 Å². The maximum atomic E-state index is 13.7. The Balaban J connectivity index is 1.86. The van der Waals surface area contributed by atoms with E-state index in [2.05, 4.69) is 0 Å². The molecule has 1 saturated carbocycles. The monoisotopic (exact) mass is 360 g/mol. The summed E-state index contributed by atoms with van der Waals surface area (Å²) in [6.07, 6.45) is 9.68. The molecule has 1 aromatic carbocycles. The second-order valence-electron chi connectivity index (χ2n) is 6.75. The zero-order chi connectivity index (χ0) is 17.7. The minimum absolute atomic E-state index is 0.0704. The molecule has 0 saturated heterocycles. The van der Waals surface area contributed by atoms with Crippen LogP contribution < -0.4 is 0 Å². The smallest absolute Gasteiger partial charge is 0.244 e. The van der Waals surface area contributed by atoms with Gasteiger partial charge in [0.1, 0.15) is 4.75 Å². The number of thioether (sulfide) groups is 1. The van der Waals surface area contributed by atoms with Gasteiger partial charge in [0.25, 0.3) is 0 Å². The molecule has 0 bridgehead atoms. The van der Waals surface area contributed by atoms with Crippen LogP contribution in [0.25, 0.3) is 10.9 Å². The van der Waals surface area contributed by atoms with Gasteiger partial charge >= 0.3 is 0 Å². The number of hydrogen-bond donors (Lipinski definition) is 0. The molecular formula is C19H21NO2S2. The largest absolute Gasteiger partial charge is 0.248 e. The normalized spacial score (nSPS) is 28.0. The highest BCUT2D eigenvalue weighted by Crippen LogP contribution is 2.53. The summed E-state index contributed by atoms with van der Waals surface area (Å²) < 4.78 is 35.4. The standard InChI is InChI=1S/C19H21NO2S2/c1-19(12-5-8-17(23-2)18(19)15-9-10-15)24(21,22)20-13-11-14-6-3-4-7-16(14)20/h3-8,11-13,15,18H,9-10H2,1-2H3/i2D. The Hall–Kier alpha value is -1.46. The van der Waals surface area contributed by atoms with Crippen molar-refractivity contribution in [3.8, 4) is 0 Å². The maximum absolute atomic E-state index is 13.7. The molecule has 2 aliphatic carbocycles. The summed E-state index contributed by atoms with van der Waals surface area (Å²) in [5, 5.41) is 0.925. The van der Waals surface area contributed by atoms with Crippen molar-refractivity contribution >= 4 is 32.7 Å². The van der Waals surface area contributed by atoms with Gasteiger partial charge in [-0.1, -0.05) is 36.4 Å². The topological polar surface area (TPSA) is 39.1 Å². The van der Waals surface area contributed by atoms with E-state index in [4.69, 9.17) is 1.37 Å². The Morgan fingerprint density at radius 1 is 1.29 bits per heavy atom. The minimum atomic E-state index is -3.64. The van der Waals surface area contributed by atoms with E-state index in [1.54, 1.807) is 6.20 Å². The average molecular weight is 361 g/mol. The number of fused-ring (bicyclic) bond motifs is 1. The van der Waals surface area contributed by atoms with Gasteiger partial charge in [0.15, 0.2) is 0 Å². The first-order valence-electron chi connectivity index (χ1n) is 8.82. The number of hydrogen-bond acceptors (Lipinski definition) is 3. The summed E-state index contributed by atoms with van der Waals surface area (Å²) in [5.74, 6) is 0.316. The summed E-state index contributed by atoms with van der Waals surface area (Å²) >= 11 is 1.45. The predicted molar refractivity (Wildman–Crippen MR) is 102 cm³/mol. The molecule has 1 fully saturated rings. The van der Waals surface area contributed by atoms with Crippen molar-refractivity contribution in [3.05, 3.63) is 59.7 Å². The van der Waals surface area contributed by atoms with Gasteiger partial charge in [0.2, 0.25) is 10.0 Å². The molecule has 24 heavy (non-hydrogen) atoms. The second kappa shape index (κ2) is 5.53. The van der Waals surface area contributed by atoms with Gasteiger partial charge < -0.3 is 0 Å². The van der Waals surface area contributed by atoms with E-state index in [1.165, 1.54) is 15.7 Å². The van der Waals surface area contributed by atoms with Gasteiger partial charge in [-0.25, -0.2) is 12.4 Å². The van der Waals surface area contributed by atoms with E-state index in [-0.39, 0.29) is 12.1 Å². The zero-order valence-electron chi connectivity index (χ0n) is 14.6. The van der Waals surface area contributed by atoms with Crippen molar-refractivity contribution in [3.63, 3.8) is 0 Å². The molecule has 1 heterocycles. The van der Waals surface area contributed by atoms with Crippen LogP contribution in [0.3, 0.4) is 0 Å². The summed E-state index contributed by atoms with van der Waals surface area (Å²) in [4.78, 5) is 1.03. The van der Waals surface area contributed by atoms with Crippen LogP contribution in [0.15, 0.2) is 59.7 Å². The molecule has 0 radical (unpaired) electrons. The first kappa shape index (κ1) is 14.8. The van der Waals surface area contributed by atoms with Crippen molar-refractivity contribution in [2.75, 3.05) is 6.23 Å². The van der Waals surface area contributed by atoms with Crippen LogP contribution in [0.5, 0.6) is 0 Å². The molecule has 0 N–H and O–H groups in total. The molecule has 3 nitrogen and oxygen atoms in total. The van der Waals surface area contributed by atoms with Crippen LogP contribution in [0.2, 0.25) is 0 Å². The number of para-hydroxylation sites is 1. The molecule has 0 aliphatic heterocycles. The Labute approximate surface area is 148 Å². The van der Waals surface area contributed by atoms with E-state index in [0.29, 0.717) is 5.92 Å². The van der Waals surface area contributed by atoms with E-state index in [1.807, 2.05) is 55.5 Å². The zero-order valence-corrected chi connectivity index (χ0v) is 15.2. The minimum Gasteiger partial charge on any atom is -0.244 e. The van der Waals surface area contributed by atoms with Crippen molar-refractivity contribution in [1.29, 1.82) is 0 Å². The van der Waals surface area contributed by atoms with E-state index < -0.39 is 14.8 Å². The fraction of sp³-hybridized carbons (Fsp3) is 0.368. The third kappa shape index (κ3) is 2.21. The van der Waals surface area contributed by atoms with Crippen molar-refractivity contribution in [2.24, 2.45) is 11.8 Å². The van der Waals surface area contributed by atoms with Crippen molar-refractivity contribution in [1.82, 2.24) is 3.97 Å². The Kier molecular flexibility index (Phi) is 3.42. The number of nitrogens with zero attached hydrogens (tertiary/aromatic N) is 1. The van der Waals surface area contributed by atoms with E-state index in [0.717, 1.165) is 28.6 Å². The van der Waals surface area contributed by atoms with E-state index in [9.17, 15) is 8.42 Å². The first-order valence-corrected chi connectivity index (χ1v) is 10.5. The van der Waals surface area contributed by atoms with Crippen LogP contribution in [0.4, 0.5) is 0 Å². The third-order valence-corrected chi connectivity index (χ3v) is 8.31. The highest BCUT2D eigenvalue weighted by Gasteiger charge is 2.53. The molecule has 1 aromatic heterocycles. The molecule has 5 heteroatoms. The van der Waals surface area contributed by atoms with E-state index >= 15 is 0 Å². The van der Waals surface area contributed by atoms with Gasteiger partial charge in [-0.15, -0.1) is 11.8 Å². The van der Waals surface area contributed by atoms with Crippen LogP contribution in [0, 0.1) is 11.8 Å². The SMILES string of the molecule is [2H]CSC1=CC=CC(C)(S(=O)(=O)n2ccc3ccccc32)C1C1CC1. The number of aromatic nitrogens is 1. The molecular weight excluding hydrogens is 338 g/mol. The number of benzene rings is 1. The lowest BCUT2D eigenvalue weighted by atomic mass is 9.85. The van der Waals surface area contributed by atoms with Crippen LogP contribution >= 0.6 is 11.8 Å². The first-order chi connectivity index (χ1) is 12.0. The lowest BCUT2D eigenvalue weighted by molar-refractivity contribution is 0.441. The molecule has 2 atom stereocenters. The quantitative estimate of drug-likeness (QED) is 0.810. The van der Waals surface area contributed by atoms with Crippen LogP contribution in [-0.4, -0.2) is 23.4 Å². The summed E-state index contributed by atoms with van der Waals surface area (Å²) in [5.41, 5.74) is 0.718. The highest BCUT2D eigenvalue weighted by atomic mass is 32.2. The molecule has 126 valence electrons. The number of rotatable bonds is 4. The second-order valence-corrected chi connectivity index (χ2v) is 9.73. The number of allylic oxidation sites excluding steroid dienone is 3. The maximum Gasteiger partial charge on any atom is 0.248 e. The van der Waals surface area contributed by atoms with Gasteiger partial charge in [-0.05, 0) is 49.0 Å². The molecule has 2 aliphatic rings. The highest BCUT2D eigenvalue weighted by molar-refractivity contribution is 8.02.